The molecule has 1 atom stereocenters. The summed E-state index contributed by atoms with van der Waals surface area (Å²) < 4.78 is 10.7. The fourth-order valence-electron chi connectivity index (χ4n) is 1.82. The number of likely N-dealkylation sites (N-methyl/N-ethyl adjacent to an activating group) is 1. The van der Waals surface area contributed by atoms with Gasteiger partial charge in [-0.15, -0.1) is 0 Å². The van der Waals surface area contributed by atoms with Crippen LogP contribution in [0, 0.1) is 0 Å². The SMILES string of the molecule is CC(C)Oc1cccc(CC(=O)OC(C)C(=O)N(C)C)c1. The highest BCUT2D eigenvalue weighted by Gasteiger charge is 2.19. The fourth-order valence-corrected chi connectivity index (χ4v) is 1.82. The first-order valence-corrected chi connectivity index (χ1v) is 6.96. The van der Waals surface area contributed by atoms with E-state index in [9.17, 15) is 9.59 Å². The maximum atomic E-state index is 11.8. The molecule has 1 unspecified atom stereocenters. The number of amides is 1. The second-order valence-electron chi connectivity index (χ2n) is 5.36. The van der Waals surface area contributed by atoms with Crippen LogP contribution in [0.15, 0.2) is 24.3 Å². The average Bonchev–Trinajstić information content (AvgIpc) is 2.36. The van der Waals surface area contributed by atoms with Gasteiger partial charge in [-0.2, -0.15) is 0 Å². The zero-order valence-corrected chi connectivity index (χ0v) is 13.3. The van der Waals surface area contributed by atoms with Crippen LogP contribution in [0.2, 0.25) is 0 Å². The largest absolute Gasteiger partial charge is 0.491 e. The predicted octanol–water partition coefficient (Wildman–Crippen LogP) is 2.04. The van der Waals surface area contributed by atoms with Gasteiger partial charge >= 0.3 is 5.97 Å². The third-order valence-corrected chi connectivity index (χ3v) is 2.72. The van der Waals surface area contributed by atoms with Crippen molar-refractivity contribution in [3.05, 3.63) is 29.8 Å². The van der Waals surface area contributed by atoms with Gasteiger partial charge in [0.15, 0.2) is 6.10 Å². The summed E-state index contributed by atoms with van der Waals surface area (Å²) in [4.78, 5) is 24.9. The van der Waals surface area contributed by atoms with E-state index in [1.54, 1.807) is 27.1 Å². The third-order valence-electron chi connectivity index (χ3n) is 2.72. The minimum Gasteiger partial charge on any atom is -0.491 e. The predicted molar refractivity (Wildman–Crippen MR) is 80.2 cm³/mol. The molecule has 0 aliphatic heterocycles. The minimum atomic E-state index is -0.775. The van der Waals surface area contributed by atoms with E-state index in [-0.39, 0.29) is 18.4 Å². The molecule has 0 radical (unpaired) electrons. The lowest BCUT2D eigenvalue weighted by Gasteiger charge is -2.17. The van der Waals surface area contributed by atoms with Gasteiger partial charge in [0.1, 0.15) is 5.75 Å². The summed E-state index contributed by atoms with van der Waals surface area (Å²) in [6, 6.07) is 7.30. The molecule has 1 amide bonds. The van der Waals surface area contributed by atoms with Crippen molar-refractivity contribution < 1.29 is 19.1 Å². The summed E-state index contributed by atoms with van der Waals surface area (Å²) in [5, 5.41) is 0. The van der Waals surface area contributed by atoms with Crippen molar-refractivity contribution >= 4 is 11.9 Å². The summed E-state index contributed by atoms with van der Waals surface area (Å²) in [5.41, 5.74) is 0.794. The van der Waals surface area contributed by atoms with Crippen LogP contribution in [-0.4, -0.2) is 43.1 Å². The zero-order chi connectivity index (χ0) is 16.0. The molecule has 1 rings (SSSR count). The van der Waals surface area contributed by atoms with Crippen molar-refractivity contribution in [1.29, 1.82) is 0 Å². The maximum absolute atomic E-state index is 11.8. The summed E-state index contributed by atoms with van der Waals surface area (Å²) in [6.45, 7) is 5.45. The Kier molecular flexibility index (Phi) is 6.21. The van der Waals surface area contributed by atoms with E-state index in [1.807, 2.05) is 32.0 Å². The Balaban J connectivity index is 2.60. The van der Waals surface area contributed by atoms with Crippen LogP contribution in [0.1, 0.15) is 26.3 Å². The summed E-state index contributed by atoms with van der Waals surface area (Å²) in [6.07, 6.45) is -0.590. The van der Waals surface area contributed by atoms with Crippen molar-refractivity contribution in [2.24, 2.45) is 0 Å². The van der Waals surface area contributed by atoms with E-state index < -0.39 is 12.1 Å². The lowest BCUT2D eigenvalue weighted by atomic mass is 10.1. The van der Waals surface area contributed by atoms with Crippen LogP contribution in [0.3, 0.4) is 0 Å². The average molecular weight is 293 g/mol. The van der Waals surface area contributed by atoms with Gasteiger partial charge in [-0.3, -0.25) is 9.59 Å². The van der Waals surface area contributed by atoms with Gasteiger partial charge in [-0.1, -0.05) is 12.1 Å². The molecule has 0 aliphatic rings. The molecule has 0 bridgehead atoms. The van der Waals surface area contributed by atoms with Gasteiger partial charge in [-0.25, -0.2) is 0 Å². The van der Waals surface area contributed by atoms with Crippen LogP contribution in [-0.2, 0) is 20.7 Å². The summed E-state index contributed by atoms with van der Waals surface area (Å²) in [5.74, 6) is 0.0485. The second-order valence-corrected chi connectivity index (χ2v) is 5.36. The molecule has 0 aromatic heterocycles. The molecule has 1 aromatic carbocycles. The number of rotatable bonds is 6. The molecule has 5 nitrogen and oxygen atoms in total. The Morgan fingerprint density at radius 3 is 2.43 bits per heavy atom. The molecular formula is C16H23NO4. The van der Waals surface area contributed by atoms with Crippen LogP contribution >= 0.6 is 0 Å². The molecule has 21 heavy (non-hydrogen) atoms. The van der Waals surface area contributed by atoms with E-state index >= 15 is 0 Å². The van der Waals surface area contributed by atoms with E-state index in [1.165, 1.54) is 4.90 Å². The maximum Gasteiger partial charge on any atom is 0.311 e. The smallest absolute Gasteiger partial charge is 0.311 e. The second kappa shape index (κ2) is 7.67. The number of nitrogens with zero attached hydrogens (tertiary/aromatic N) is 1. The Morgan fingerprint density at radius 2 is 1.86 bits per heavy atom. The summed E-state index contributed by atoms with van der Waals surface area (Å²) >= 11 is 0. The Bertz CT molecular complexity index is 497. The number of ether oxygens (including phenoxy) is 2. The quantitative estimate of drug-likeness (QED) is 0.753. The molecule has 0 fully saturated rings. The molecule has 0 saturated carbocycles. The molecular weight excluding hydrogens is 270 g/mol. The molecule has 5 heteroatoms. The highest BCUT2D eigenvalue weighted by atomic mass is 16.5. The standard InChI is InChI=1S/C16H23NO4/c1-11(2)20-14-8-6-7-13(9-14)10-15(18)21-12(3)16(19)17(4)5/h6-9,11-12H,10H2,1-5H3. The first-order valence-electron chi connectivity index (χ1n) is 6.96. The first kappa shape index (κ1) is 17.0. The Labute approximate surface area is 125 Å². The number of carbonyl (C=O) groups is 2. The zero-order valence-electron chi connectivity index (χ0n) is 13.3. The molecule has 0 spiro atoms. The van der Waals surface area contributed by atoms with Crippen molar-refractivity contribution in [2.75, 3.05) is 14.1 Å². The molecule has 116 valence electrons. The van der Waals surface area contributed by atoms with Crippen molar-refractivity contribution in [2.45, 2.75) is 39.4 Å². The molecule has 0 heterocycles. The number of hydrogen-bond acceptors (Lipinski definition) is 4. The number of carbonyl (C=O) groups excluding carboxylic acids is 2. The van der Waals surface area contributed by atoms with Gasteiger partial charge in [0.2, 0.25) is 0 Å². The summed E-state index contributed by atoms with van der Waals surface area (Å²) in [7, 11) is 3.25. The topological polar surface area (TPSA) is 55.8 Å². The van der Waals surface area contributed by atoms with Gasteiger partial charge in [-0.05, 0) is 38.5 Å². The Morgan fingerprint density at radius 1 is 1.19 bits per heavy atom. The van der Waals surface area contributed by atoms with E-state index in [2.05, 4.69) is 0 Å². The molecule has 1 aromatic rings. The highest BCUT2D eigenvalue weighted by Crippen LogP contribution is 2.16. The highest BCUT2D eigenvalue weighted by molar-refractivity contribution is 5.83. The van der Waals surface area contributed by atoms with E-state index in [0.29, 0.717) is 5.75 Å². The van der Waals surface area contributed by atoms with E-state index in [0.717, 1.165) is 5.56 Å². The third kappa shape index (κ3) is 5.85. The van der Waals surface area contributed by atoms with Gasteiger partial charge in [0.25, 0.3) is 5.91 Å². The van der Waals surface area contributed by atoms with Crippen LogP contribution < -0.4 is 4.74 Å². The number of hydrogen-bond donors (Lipinski definition) is 0. The van der Waals surface area contributed by atoms with Gasteiger partial charge in [0.05, 0.1) is 12.5 Å². The van der Waals surface area contributed by atoms with Crippen molar-refractivity contribution in [3.63, 3.8) is 0 Å². The van der Waals surface area contributed by atoms with Crippen LogP contribution in [0.5, 0.6) is 5.75 Å². The van der Waals surface area contributed by atoms with Crippen molar-refractivity contribution in [1.82, 2.24) is 4.90 Å². The minimum absolute atomic E-state index is 0.0740. The number of benzene rings is 1. The van der Waals surface area contributed by atoms with Crippen LogP contribution in [0.4, 0.5) is 0 Å². The van der Waals surface area contributed by atoms with E-state index in [4.69, 9.17) is 9.47 Å². The monoisotopic (exact) mass is 293 g/mol. The molecule has 0 saturated heterocycles. The lowest BCUT2D eigenvalue weighted by molar-refractivity contribution is -0.157. The lowest BCUT2D eigenvalue weighted by Crippen LogP contribution is -2.35. The molecule has 0 N–H and O–H groups in total. The van der Waals surface area contributed by atoms with Gasteiger partial charge < -0.3 is 14.4 Å². The fraction of sp³-hybridized carbons (Fsp3) is 0.500. The normalized spacial score (nSPS) is 11.9. The van der Waals surface area contributed by atoms with Crippen molar-refractivity contribution in [3.8, 4) is 5.75 Å². The van der Waals surface area contributed by atoms with Gasteiger partial charge in [0, 0.05) is 14.1 Å². The first-order chi connectivity index (χ1) is 9.79. The number of esters is 1. The molecule has 0 aliphatic carbocycles. The van der Waals surface area contributed by atoms with Crippen LogP contribution in [0.25, 0.3) is 0 Å². The Hall–Kier alpha value is -2.04.